The van der Waals surface area contributed by atoms with Crippen molar-refractivity contribution in [3.05, 3.63) is 22.2 Å². The molecule has 3 nitrogen and oxygen atoms in total. The van der Waals surface area contributed by atoms with Crippen LogP contribution in [0.15, 0.2) is 16.6 Å². The number of ether oxygens (including phenoxy) is 1. The van der Waals surface area contributed by atoms with Gasteiger partial charge in [-0.3, -0.25) is 0 Å². The van der Waals surface area contributed by atoms with E-state index in [2.05, 4.69) is 15.9 Å². The summed E-state index contributed by atoms with van der Waals surface area (Å²) in [6.45, 7) is 1.94. The lowest BCUT2D eigenvalue weighted by Crippen LogP contribution is -2.18. The summed E-state index contributed by atoms with van der Waals surface area (Å²) in [5.74, 6) is 0.608. The van der Waals surface area contributed by atoms with Crippen molar-refractivity contribution in [2.75, 3.05) is 7.11 Å². The van der Waals surface area contributed by atoms with Gasteiger partial charge in [0.1, 0.15) is 0 Å². The number of benzene rings is 1. The van der Waals surface area contributed by atoms with E-state index in [4.69, 9.17) is 10.5 Å². The minimum atomic E-state index is 0.0838. The summed E-state index contributed by atoms with van der Waals surface area (Å²) in [6, 6.07) is 3.50. The summed E-state index contributed by atoms with van der Waals surface area (Å²) in [5, 5.41) is 9.46. The second kappa shape index (κ2) is 4.66. The van der Waals surface area contributed by atoms with Crippen molar-refractivity contribution in [2.24, 2.45) is 5.73 Å². The first-order valence-corrected chi connectivity index (χ1v) is 5.15. The van der Waals surface area contributed by atoms with E-state index in [-0.39, 0.29) is 11.8 Å². The largest absolute Gasteiger partial charge is 0.504 e. The number of phenolic OH excluding ortho intramolecular Hbond substituents is 1. The Labute approximate surface area is 92.0 Å². The molecule has 0 radical (unpaired) electrons. The van der Waals surface area contributed by atoms with Gasteiger partial charge in [-0.15, -0.1) is 0 Å². The smallest absolute Gasteiger partial charge is 0.160 e. The zero-order valence-electron chi connectivity index (χ0n) is 8.25. The SMILES string of the molecule is COc1cc(C[C@@H](C)N)c(Br)cc1O. The molecular weight excluding hydrogens is 246 g/mol. The molecule has 0 spiro atoms. The maximum absolute atomic E-state index is 9.46. The zero-order chi connectivity index (χ0) is 10.7. The first-order chi connectivity index (χ1) is 6.54. The van der Waals surface area contributed by atoms with E-state index in [0.717, 1.165) is 16.5 Å². The Morgan fingerprint density at radius 3 is 2.71 bits per heavy atom. The molecule has 4 heteroatoms. The summed E-state index contributed by atoms with van der Waals surface area (Å²) in [7, 11) is 1.53. The third-order valence-electron chi connectivity index (χ3n) is 1.89. The van der Waals surface area contributed by atoms with Crippen LogP contribution in [0, 0.1) is 0 Å². The van der Waals surface area contributed by atoms with Crippen LogP contribution in [-0.4, -0.2) is 18.3 Å². The Bertz CT molecular complexity index is 326. The van der Waals surface area contributed by atoms with Gasteiger partial charge in [0.2, 0.25) is 0 Å². The number of phenols is 1. The molecule has 1 atom stereocenters. The van der Waals surface area contributed by atoms with Crippen molar-refractivity contribution < 1.29 is 9.84 Å². The van der Waals surface area contributed by atoms with Crippen molar-refractivity contribution in [1.29, 1.82) is 0 Å². The summed E-state index contributed by atoms with van der Waals surface area (Å²) in [4.78, 5) is 0. The Hall–Kier alpha value is -0.740. The fourth-order valence-electron chi connectivity index (χ4n) is 1.25. The molecule has 14 heavy (non-hydrogen) atoms. The normalized spacial score (nSPS) is 12.6. The number of rotatable bonds is 3. The van der Waals surface area contributed by atoms with E-state index >= 15 is 0 Å². The average molecular weight is 260 g/mol. The van der Waals surface area contributed by atoms with Crippen molar-refractivity contribution in [1.82, 2.24) is 0 Å². The maximum Gasteiger partial charge on any atom is 0.160 e. The predicted octanol–water partition coefficient (Wildman–Crippen LogP) is 2.05. The highest BCUT2D eigenvalue weighted by Crippen LogP contribution is 2.32. The Morgan fingerprint density at radius 2 is 2.21 bits per heavy atom. The van der Waals surface area contributed by atoms with Gasteiger partial charge < -0.3 is 15.6 Å². The van der Waals surface area contributed by atoms with E-state index in [9.17, 15) is 5.11 Å². The molecule has 0 aromatic heterocycles. The first-order valence-electron chi connectivity index (χ1n) is 4.35. The van der Waals surface area contributed by atoms with Gasteiger partial charge in [-0.1, -0.05) is 15.9 Å². The van der Waals surface area contributed by atoms with Crippen LogP contribution in [0.25, 0.3) is 0 Å². The Kier molecular flexibility index (Phi) is 3.77. The van der Waals surface area contributed by atoms with Gasteiger partial charge in [0.15, 0.2) is 11.5 Å². The quantitative estimate of drug-likeness (QED) is 0.874. The molecule has 0 unspecified atom stereocenters. The lowest BCUT2D eigenvalue weighted by atomic mass is 10.1. The molecule has 3 N–H and O–H groups in total. The van der Waals surface area contributed by atoms with Crippen LogP contribution in [0.1, 0.15) is 12.5 Å². The van der Waals surface area contributed by atoms with Gasteiger partial charge in [0.25, 0.3) is 0 Å². The van der Waals surface area contributed by atoms with Crippen LogP contribution in [0.4, 0.5) is 0 Å². The highest BCUT2D eigenvalue weighted by molar-refractivity contribution is 9.10. The van der Waals surface area contributed by atoms with E-state index in [1.54, 1.807) is 12.1 Å². The van der Waals surface area contributed by atoms with Crippen LogP contribution in [0.2, 0.25) is 0 Å². The Balaban J connectivity index is 3.04. The molecule has 0 aliphatic heterocycles. The fourth-order valence-corrected chi connectivity index (χ4v) is 1.74. The molecule has 1 aromatic rings. The van der Waals surface area contributed by atoms with E-state index in [1.807, 2.05) is 6.92 Å². The number of nitrogens with two attached hydrogens (primary N) is 1. The van der Waals surface area contributed by atoms with E-state index < -0.39 is 0 Å². The van der Waals surface area contributed by atoms with Gasteiger partial charge in [-0.25, -0.2) is 0 Å². The molecule has 78 valence electrons. The van der Waals surface area contributed by atoms with Gasteiger partial charge in [-0.2, -0.15) is 0 Å². The molecule has 0 bridgehead atoms. The number of methoxy groups -OCH3 is 1. The fraction of sp³-hybridized carbons (Fsp3) is 0.400. The highest BCUT2D eigenvalue weighted by atomic mass is 79.9. The number of hydrogen-bond acceptors (Lipinski definition) is 3. The van der Waals surface area contributed by atoms with Crippen molar-refractivity contribution in [3.63, 3.8) is 0 Å². The standard InChI is InChI=1S/C10H14BrNO2/c1-6(12)3-7-4-10(14-2)9(13)5-8(7)11/h4-6,13H,3,12H2,1-2H3/t6-/m1/s1. The second-order valence-electron chi connectivity index (χ2n) is 3.30. The number of halogens is 1. The molecular formula is C10H14BrNO2. The van der Waals surface area contributed by atoms with E-state index in [0.29, 0.717) is 5.75 Å². The van der Waals surface area contributed by atoms with Crippen molar-refractivity contribution >= 4 is 15.9 Å². The monoisotopic (exact) mass is 259 g/mol. The number of hydrogen-bond donors (Lipinski definition) is 2. The zero-order valence-corrected chi connectivity index (χ0v) is 9.84. The van der Waals surface area contributed by atoms with Crippen LogP contribution in [0.5, 0.6) is 11.5 Å². The second-order valence-corrected chi connectivity index (χ2v) is 4.15. The summed E-state index contributed by atoms with van der Waals surface area (Å²) in [5.41, 5.74) is 6.74. The maximum atomic E-state index is 9.46. The molecule has 0 heterocycles. The van der Waals surface area contributed by atoms with Crippen LogP contribution >= 0.6 is 15.9 Å². The lowest BCUT2D eigenvalue weighted by Gasteiger charge is -2.11. The molecule has 0 aliphatic carbocycles. The van der Waals surface area contributed by atoms with E-state index in [1.165, 1.54) is 7.11 Å². The summed E-state index contributed by atoms with van der Waals surface area (Å²) in [6.07, 6.45) is 0.747. The summed E-state index contributed by atoms with van der Waals surface area (Å²) < 4.78 is 5.87. The molecule has 0 fully saturated rings. The molecule has 1 rings (SSSR count). The van der Waals surface area contributed by atoms with Crippen LogP contribution in [-0.2, 0) is 6.42 Å². The molecule has 0 saturated heterocycles. The van der Waals surface area contributed by atoms with Gasteiger partial charge in [0.05, 0.1) is 7.11 Å². The van der Waals surface area contributed by atoms with Crippen LogP contribution < -0.4 is 10.5 Å². The predicted molar refractivity (Wildman–Crippen MR) is 59.7 cm³/mol. The minimum Gasteiger partial charge on any atom is -0.504 e. The van der Waals surface area contributed by atoms with Gasteiger partial charge in [0, 0.05) is 10.5 Å². The third kappa shape index (κ3) is 2.62. The third-order valence-corrected chi connectivity index (χ3v) is 2.63. The summed E-state index contributed by atoms with van der Waals surface area (Å²) >= 11 is 3.37. The topological polar surface area (TPSA) is 55.5 Å². The molecule has 0 amide bonds. The van der Waals surface area contributed by atoms with Crippen molar-refractivity contribution in [2.45, 2.75) is 19.4 Å². The van der Waals surface area contributed by atoms with Crippen molar-refractivity contribution in [3.8, 4) is 11.5 Å². The minimum absolute atomic E-state index is 0.0838. The lowest BCUT2D eigenvalue weighted by molar-refractivity contribution is 0.372. The molecule has 1 aromatic carbocycles. The van der Waals surface area contributed by atoms with Gasteiger partial charge in [-0.05, 0) is 31.0 Å². The molecule has 0 aliphatic rings. The molecule has 0 saturated carbocycles. The van der Waals surface area contributed by atoms with Gasteiger partial charge >= 0.3 is 0 Å². The highest BCUT2D eigenvalue weighted by Gasteiger charge is 2.09. The Morgan fingerprint density at radius 1 is 1.57 bits per heavy atom. The average Bonchev–Trinajstić information content (AvgIpc) is 2.09. The van der Waals surface area contributed by atoms with Crippen LogP contribution in [0.3, 0.4) is 0 Å². The first kappa shape index (κ1) is 11.3. The number of aromatic hydroxyl groups is 1.